The van der Waals surface area contributed by atoms with E-state index in [-0.39, 0.29) is 6.79 Å². The molecule has 0 fully saturated rings. The Bertz CT molecular complexity index is 846. The standard InChI is InChI=1S/C17H15N3O4/c1-22-17(21)20-8-11-6-14-15(24-9-23-14)7-13(11)16(19-20)10-2-4-12(18)5-3-10/h2-7H,8-9,18H2,1H3. The summed E-state index contributed by atoms with van der Waals surface area (Å²) in [5, 5.41) is 5.75. The molecular weight excluding hydrogens is 310 g/mol. The molecule has 1 amide bonds. The molecule has 24 heavy (non-hydrogen) atoms. The summed E-state index contributed by atoms with van der Waals surface area (Å²) in [6, 6.07) is 11.1. The highest BCUT2D eigenvalue weighted by molar-refractivity contribution is 6.15. The van der Waals surface area contributed by atoms with Gasteiger partial charge >= 0.3 is 6.09 Å². The van der Waals surface area contributed by atoms with Crippen LogP contribution >= 0.6 is 0 Å². The number of methoxy groups -OCH3 is 1. The molecule has 2 aromatic carbocycles. The van der Waals surface area contributed by atoms with Crippen LogP contribution in [-0.4, -0.2) is 30.7 Å². The van der Waals surface area contributed by atoms with E-state index in [4.69, 9.17) is 19.9 Å². The lowest BCUT2D eigenvalue weighted by atomic mass is 9.95. The number of nitrogen functional groups attached to an aromatic ring is 1. The Morgan fingerprint density at radius 3 is 2.62 bits per heavy atom. The predicted octanol–water partition coefficient (Wildman–Crippen LogP) is 2.33. The van der Waals surface area contributed by atoms with Gasteiger partial charge in [0.05, 0.1) is 19.4 Å². The monoisotopic (exact) mass is 325 g/mol. The fraction of sp³-hybridized carbons (Fsp3) is 0.176. The maximum atomic E-state index is 12.0. The zero-order chi connectivity index (χ0) is 16.7. The molecule has 0 saturated carbocycles. The summed E-state index contributed by atoms with van der Waals surface area (Å²) in [5.74, 6) is 1.33. The molecule has 122 valence electrons. The zero-order valence-corrected chi connectivity index (χ0v) is 13.0. The van der Waals surface area contributed by atoms with Gasteiger partial charge in [0.1, 0.15) is 0 Å². The Labute approximate surface area is 138 Å². The van der Waals surface area contributed by atoms with Crippen LogP contribution in [0.5, 0.6) is 11.5 Å². The van der Waals surface area contributed by atoms with Crippen LogP contribution in [-0.2, 0) is 11.3 Å². The molecule has 2 aliphatic rings. The van der Waals surface area contributed by atoms with Crippen LogP contribution in [0.1, 0.15) is 16.7 Å². The molecular formula is C17H15N3O4. The lowest BCUT2D eigenvalue weighted by Crippen LogP contribution is -2.31. The molecule has 0 aliphatic carbocycles. The minimum absolute atomic E-state index is 0.188. The number of carbonyl (C=O) groups excluding carboxylic acids is 1. The van der Waals surface area contributed by atoms with Gasteiger partial charge in [-0.15, -0.1) is 0 Å². The molecule has 0 bridgehead atoms. The van der Waals surface area contributed by atoms with Gasteiger partial charge in [-0.25, -0.2) is 4.79 Å². The van der Waals surface area contributed by atoms with Gasteiger partial charge < -0.3 is 19.9 Å². The number of anilines is 1. The zero-order valence-electron chi connectivity index (χ0n) is 13.0. The van der Waals surface area contributed by atoms with Crippen molar-refractivity contribution in [2.75, 3.05) is 19.6 Å². The number of benzene rings is 2. The molecule has 2 aliphatic heterocycles. The fourth-order valence-corrected chi connectivity index (χ4v) is 2.77. The molecule has 7 nitrogen and oxygen atoms in total. The second-order valence-electron chi connectivity index (χ2n) is 5.46. The van der Waals surface area contributed by atoms with E-state index in [1.165, 1.54) is 12.1 Å². The minimum atomic E-state index is -0.522. The predicted molar refractivity (Wildman–Crippen MR) is 87.0 cm³/mol. The topological polar surface area (TPSA) is 86.4 Å². The van der Waals surface area contributed by atoms with Crippen LogP contribution < -0.4 is 15.2 Å². The maximum absolute atomic E-state index is 12.0. The number of ether oxygens (including phenoxy) is 3. The van der Waals surface area contributed by atoms with Crippen LogP contribution in [0, 0.1) is 0 Å². The number of hydrogen-bond acceptors (Lipinski definition) is 6. The Kier molecular flexibility index (Phi) is 3.26. The highest BCUT2D eigenvalue weighted by Gasteiger charge is 2.28. The third-order valence-corrected chi connectivity index (χ3v) is 3.96. The van der Waals surface area contributed by atoms with E-state index < -0.39 is 6.09 Å². The van der Waals surface area contributed by atoms with Crippen molar-refractivity contribution < 1.29 is 19.0 Å². The first-order valence-corrected chi connectivity index (χ1v) is 7.38. The van der Waals surface area contributed by atoms with Crippen molar-refractivity contribution in [3.8, 4) is 11.5 Å². The van der Waals surface area contributed by atoms with Gasteiger partial charge in [-0.3, -0.25) is 0 Å². The molecule has 0 saturated heterocycles. The first kappa shape index (κ1) is 14.4. The highest BCUT2D eigenvalue weighted by Crippen LogP contribution is 2.37. The number of hydrogen-bond donors (Lipinski definition) is 1. The first-order chi connectivity index (χ1) is 11.7. The molecule has 0 spiro atoms. The third-order valence-electron chi connectivity index (χ3n) is 3.96. The molecule has 2 aromatic rings. The van der Waals surface area contributed by atoms with Crippen LogP contribution in [0.3, 0.4) is 0 Å². The van der Waals surface area contributed by atoms with Crippen LogP contribution in [0.25, 0.3) is 0 Å². The number of carbonyl (C=O) groups is 1. The van der Waals surface area contributed by atoms with Gasteiger partial charge in [0.25, 0.3) is 0 Å². The van der Waals surface area contributed by atoms with Gasteiger partial charge in [-0.05, 0) is 29.8 Å². The van der Waals surface area contributed by atoms with Crippen LogP contribution in [0.15, 0.2) is 41.5 Å². The van der Waals surface area contributed by atoms with Crippen molar-refractivity contribution in [3.05, 3.63) is 53.1 Å². The quantitative estimate of drug-likeness (QED) is 0.813. The SMILES string of the molecule is COC(=O)N1Cc2cc3c(cc2C(c2ccc(N)cc2)=N1)OCO3. The average Bonchev–Trinajstić information content (AvgIpc) is 3.06. The molecule has 2 heterocycles. The normalized spacial score (nSPS) is 14.9. The summed E-state index contributed by atoms with van der Waals surface area (Å²) < 4.78 is 15.7. The molecule has 0 unspecified atom stereocenters. The summed E-state index contributed by atoms with van der Waals surface area (Å²) >= 11 is 0. The van der Waals surface area contributed by atoms with Gasteiger partial charge in [0, 0.05) is 16.8 Å². The average molecular weight is 325 g/mol. The number of hydrazone groups is 1. The van der Waals surface area contributed by atoms with E-state index >= 15 is 0 Å². The summed E-state index contributed by atoms with van der Waals surface area (Å²) in [5.41, 5.74) is 9.72. The van der Waals surface area contributed by atoms with Gasteiger partial charge in [-0.1, -0.05) is 12.1 Å². The molecule has 0 aromatic heterocycles. The Morgan fingerprint density at radius 2 is 1.92 bits per heavy atom. The maximum Gasteiger partial charge on any atom is 0.430 e. The van der Waals surface area contributed by atoms with E-state index in [0.717, 1.165) is 16.7 Å². The molecule has 2 N–H and O–H groups in total. The lowest BCUT2D eigenvalue weighted by Gasteiger charge is -2.25. The number of rotatable bonds is 1. The molecule has 0 radical (unpaired) electrons. The Balaban J connectivity index is 1.86. The summed E-state index contributed by atoms with van der Waals surface area (Å²) in [4.78, 5) is 12.0. The summed E-state index contributed by atoms with van der Waals surface area (Å²) in [6.45, 7) is 0.490. The highest BCUT2D eigenvalue weighted by atomic mass is 16.7. The summed E-state index contributed by atoms with van der Waals surface area (Å²) in [6.07, 6.45) is -0.522. The van der Waals surface area contributed by atoms with Crippen molar-refractivity contribution in [1.29, 1.82) is 0 Å². The largest absolute Gasteiger partial charge is 0.454 e. The number of nitrogens with two attached hydrogens (primary N) is 1. The van der Waals surface area contributed by atoms with Crippen molar-refractivity contribution in [2.24, 2.45) is 5.10 Å². The van der Waals surface area contributed by atoms with E-state index in [9.17, 15) is 4.79 Å². The molecule has 0 atom stereocenters. The van der Waals surface area contributed by atoms with Gasteiger partial charge in [0.15, 0.2) is 11.5 Å². The lowest BCUT2D eigenvalue weighted by molar-refractivity contribution is 0.121. The fourth-order valence-electron chi connectivity index (χ4n) is 2.77. The second-order valence-corrected chi connectivity index (χ2v) is 5.46. The third kappa shape index (κ3) is 2.30. The second kappa shape index (κ2) is 5.45. The van der Waals surface area contributed by atoms with Crippen molar-refractivity contribution >= 4 is 17.5 Å². The van der Waals surface area contributed by atoms with E-state index in [1.807, 2.05) is 24.3 Å². The van der Waals surface area contributed by atoms with Crippen molar-refractivity contribution in [2.45, 2.75) is 6.54 Å². The smallest absolute Gasteiger partial charge is 0.430 e. The van der Waals surface area contributed by atoms with Gasteiger partial charge in [-0.2, -0.15) is 10.1 Å². The van der Waals surface area contributed by atoms with Crippen LogP contribution in [0.4, 0.5) is 10.5 Å². The number of nitrogens with zero attached hydrogens (tertiary/aromatic N) is 2. The first-order valence-electron chi connectivity index (χ1n) is 7.38. The van der Waals surface area contributed by atoms with E-state index in [0.29, 0.717) is 29.4 Å². The van der Waals surface area contributed by atoms with Gasteiger partial charge in [0.2, 0.25) is 6.79 Å². The van der Waals surface area contributed by atoms with E-state index in [2.05, 4.69) is 5.10 Å². The summed E-state index contributed by atoms with van der Waals surface area (Å²) in [7, 11) is 1.33. The van der Waals surface area contributed by atoms with Crippen molar-refractivity contribution in [3.63, 3.8) is 0 Å². The molecule has 4 rings (SSSR count). The van der Waals surface area contributed by atoms with Crippen LogP contribution in [0.2, 0.25) is 0 Å². The number of amides is 1. The Hall–Kier alpha value is -3.22. The Morgan fingerprint density at radius 1 is 1.21 bits per heavy atom. The molecule has 7 heteroatoms. The minimum Gasteiger partial charge on any atom is -0.454 e. The van der Waals surface area contributed by atoms with E-state index in [1.54, 1.807) is 12.1 Å². The number of fused-ring (bicyclic) bond motifs is 2. The van der Waals surface area contributed by atoms with Crippen molar-refractivity contribution in [1.82, 2.24) is 5.01 Å².